The highest BCUT2D eigenvalue weighted by molar-refractivity contribution is 5.96. The highest BCUT2D eigenvalue weighted by Gasteiger charge is 2.17. The van der Waals surface area contributed by atoms with Crippen molar-refractivity contribution in [3.63, 3.8) is 0 Å². The summed E-state index contributed by atoms with van der Waals surface area (Å²) in [6, 6.07) is 10.3. The van der Waals surface area contributed by atoms with Gasteiger partial charge in [0.15, 0.2) is 5.76 Å². The second-order valence-corrected chi connectivity index (χ2v) is 4.76. The summed E-state index contributed by atoms with van der Waals surface area (Å²) in [5, 5.41) is 5.27. The molecule has 2 heterocycles. The van der Waals surface area contributed by atoms with Gasteiger partial charge in [-0.2, -0.15) is 0 Å². The lowest BCUT2D eigenvalue weighted by atomic mass is 10.1. The molecule has 4 heteroatoms. The van der Waals surface area contributed by atoms with E-state index in [1.165, 1.54) is 16.6 Å². The zero-order chi connectivity index (χ0) is 13.4. The molecule has 3 aromatic rings. The van der Waals surface area contributed by atoms with Gasteiger partial charge in [-0.05, 0) is 19.5 Å². The molecule has 0 aliphatic heterocycles. The molecule has 1 aromatic carbocycles. The Morgan fingerprint density at radius 1 is 1.32 bits per heavy atom. The Labute approximate surface area is 111 Å². The second kappa shape index (κ2) is 4.55. The average Bonchev–Trinajstić information content (AvgIpc) is 2.96. The molecule has 0 saturated heterocycles. The maximum atomic E-state index is 5.55. The summed E-state index contributed by atoms with van der Waals surface area (Å²) in [6.07, 6.45) is 0.743. The van der Waals surface area contributed by atoms with Gasteiger partial charge >= 0.3 is 0 Å². The Morgan fingerprint density at radius 3 is 2.89 bits per heavy atom. The minimum atomic E-state index is 0.584. The van der Waals surface area contributed by atoms with E-state index in [0.717, 1.165) is 23.4 Å². The topological polar surface area (TPSA) is 57.0 Å². The van der Waals surface area contributed by atoms with Gasteiger partial charge in [0.1, 0.15) is 0 Å². The Morgan fingerprint density at radius 2 is 2.11 bits per heavy atom. The van der Waals surface area contributed by atoms with Crippen LogP contribution in [0.25, 0.3) is 22.2 Å². The molecule has 0 aliphatic carbocycles. The van der Waals surface area contributed by atoms with E-state index in [9.17, 15) is 0 Å². The van der Waals surface area contributed by atoms with Crippen molar-refractivity contribution in [3.05, 3.63) is 41.7 Å². The normalized spacial score (nSPS) is 11.3. The van der Waals surface area contributed by atoms with Gasteiger partial charge in [-0.25, -0.2) is 0 Å². The molecule has 0 aliphatic rings. The monoisotopic (exact) mass is 255 g/mol. The van der Waals surface area contributed by atoms with Crippen molar-refractivity contribution in [2.45, 2.75) is 13.3 Å². The number of hydrogen-bond donors (Lipinski definition) is 1. The molecule has 0 fully saturated rings. The summed E-state index contributed by atoms with van der Waals surface area (Å²) in [6.45, 7) is 2.68. The van der Waals surface area contributed by atoms with Gasteiger partial charge in [-0.3, -0.25) is 0 Å². The summed E-state index contributed by atoms with van der Waals surface area (Å²) in [7, 11) is 2.07. The Kier molecular flexibility index (Phi) is 2.87. The molecular weight excluding hydrogens is 238 g/mol. The van der Waals surface area contributed by atoms with Crippen LogP contribution in [0.5, 0.6) is 0 Å². The molecule has 4 nitrogen and oxygen atoms in total. The quantitative estimate of drug-likeness (QED) is 0.782. The average molecular weight is 255 g/mol. The lowest BCUT2D eigenvalue weighted by molar-refractivity contribution is 0.423. The standard InChI is InChI=1S/C15H17N3O/c1-10-15(14-9-11(7-8-16)17-19-14)12-5-3-4-6-13(12)18(10)2/h3-6,9H,7-8,16H2,1-2H3. The fourth-order valence-corrected chi connectivity index (χ4v) is 2.53. The molecule has 0 unspecified atom stereocenters. The van der Waals surface area contributed by atoms with E-state index in [-0.39, 0.29) is 0 Å². The van der Waals surface area contributed by atoms with Gasteiger partial charge in [-0.1, -0.05) is 23.4 Å². The first-order valence-corrected chi connectivity index (χ1v) is 6.42. The summed E-state index contributed by atoms with van der Waals surface area (Å²) in [5.41, 5.74) is 9.95. The first-order chi connectivity index (χ1) is 9.22. The number of benzene rings is 1. The molecule has 19 heavy (non-hydrogen) atoms. The van der Waals surface area contributed by atoms with E-state index in [0.29, 0.717) is 6.54 Å². The third-order valence-electron chi connectivity index (χ3n) is 3.61. The lowest BCUT2D eigenvalue weighted by Gasteiger charge is -1.98. The summed E-state index contributed by atoms with van der Waals surface area (Å²) in [4.78, 5) is 0. The summed E-state index contributed by atoms with van der Waals surface area (Å²) < 4.78 is 7.66. The molecule has 3 rings (SSSR count). The van der Waals surface area contributed by atoms with Gasteiger partial charge in [0.25, 0.3) is 0 Å². The maximum absolute atomic E-state index is 5.55. The Balaban J connectivity index is 2.21. The van der Waals surface area contributed by atoms with Crippen LogP contribution in [0.3, 0.4) is 0 Å². The fraction of sp³-hybridized carbons (Fsp3) is 0.267. The molecular formula is C15H17N3O. The summed E-state index contributed by atoms with van der Waals surface area (Å²) >= 11 is 0. The largest absolute Gasteiger partial charge is 0.356 e. The number of rotatable bonds is 3. The highest BCUT2D eigenvalue weighted by Crippen LogP contribution is 2.34. The van der Waals surface area contributed by atoms with Crippen molar-refractivity contribution in [1.82, 2.24) is 9.72 Å². The van der Waals surface area contributed by atoms with E-state index < -0.39 is 0 Å². The van der Waals surface area contributed by atoms with Crippen LogP contribution in [0, 0.1) is 6.92 Å². The van der Waals surface area contributed by atoms with Crippen LogP contribution in [0.4, 0.5) is 0 Å². The third-order valence-corrected chi connectivity index (χ3v) is 3.61. The number of aryl methyl sites for hydroxylation is 1. The Hall–Kier alpha value is -2.07. The molecule has 2 aromatic heterocycles. The highest BCUT2D eigenvalue weighted by atomic mass is 16.5. The van der Waals surface area contributed by atoms with E-state index in [2.05, 4.69) is 35.8 Å². The molecule has 0 spiro atoms. The number of fused-ring (bicyclic) bond motifs is 1. The molecule has 0 saturated carbocycles. The smallest absolute Gasteiger partial charge is 0.169 e. The van der Waals surface area contributed by atoms with Crippen molar-refractivity contribution < 1.29 is 4.52 Å². The zero-order valence-corrected chi connectivity index (χ0v) is 11.2. The van der Waals surface area contributed by atoms with Crippen LogP contribution in [-0.2, 0) is 13.5 Å². The Bertz CT molecular complexity index is 724. The second-order valence-electron chi connectivity index (χ2n) is 4.76. The molecule has 0 radical (unpaired) electrons. The molecule has 0 atom stereocenters. The minimum absolute atomic E-state index is 0.584. The first-order valence-electron chi connectivity index (χ1n) is 6.42. The molecule has 0 amide bonds. The van der Waals surface area contributed by atoms with Gasteiger partial charge in [-0.15, -0.1) is 0 Å². The number of para-hydroxylation sites is 1. The maximum Gasteiger partial charge on any atom is 0.169 e. The predicted molar refractivity (Wildman–Crippen MR) is 75.9 cm³/mol. The third kappa shape index (κ3) is 1.85. The van der Waals surface area contributed by atoms with Crippen LogP contribution in [0.2, 0.25) is 0 Å². The minimum Gasteiger partial charge on any atom is -0.356 e. The van der Waals surface area contributed by atoms with Crippen LogP contribution in [-0.4, -0.2) is 16.3 Å². The van der Waals surface area contributed by atoms with Crippen molar-refractivity contribution >= 4 is 10.9 Å². The van der Waals surface area contributed by atoms with Crippen molar-refractivity contribution in [1.29, 1.82) is 0 Å². The van der Waals surface area contributed by atoms with Crippen molar-refractivity contribution in [2.24, 2.45) is 12.8 Å². The van der Waals surface area contributed by atoms with Crippen LogP contribution >= 0.6 is 0 Å². The van der Waals surface area contributed by atoms with Crippen molar-refractivity contribution in [3.8, 4) is 11.3 Å². The molecule has 0 bridgehead atoms. The molecule has 98 valence electrons. The fourth-order valence-electron chi connectivity index (χ4n) is 2.53. The number of nitrogens with two attached hydrogens (primary N) is 1. The number of nitrogens with zero attached hydrogens (tertiary/aromatic N) is 2. The van der Waals surface area contributed by atoms with E-state index in [1.54, 1.807) is 0 Å². The van der Waals surface area contributed by atoms with Gasteiger partial charge < -0.3 is 14.8 Å². The van der Waals surface area contributed by atoms with Gasteiger partial charge in [0.05, 0.1) is 5.69 Å². The van der Waals surface area contributed by atoms with Crippen LogP contribution in [0.1, 0.15) is 11.4 Å². The summed E-state index contributed by atoms with van der Waals surface area (Å²) in [5.74, 6) is 0.817. The lowest BCUT2D eigenvalue weighted by Crippen LogP contribution is -2.02. The SMILES string of the molecule is Cc1c(-c2cc(CCN)no2)c2ccccc2n1C. The number of hydrogen-bond acceptors (Lipinski definition) is 3. The molecule has 2 N–H and O–H groups in total. The zero-order valence-electron chi connectivity index (χ0n) is 11.2. The van der Waals surface area contributed by atoms with Gasteiger partial charge in [0.2, 0.25) is 0 Å². The van der Waals surface area contributed by atoms with Gasteiger partial charge in [0, 0.05) is 41.7 Å². The van der Waals surface area contributed by atoms with Crippen molar-refractivity contribution in [2.75, 3.05) is 6.54 Å². The van der Waals surface area contributed by atoms with E-state index in [1.807, 2.05) is 18.2 Å². The van der Waals surface area contributed by atoms with E-state index >= 15 is 0 Å². The van der Waals surface area contributed by atoms with Crippen LogP contribution < -0.4 is 5.73 Å². The number of aromatic nitrogens is 2. The van der Waals surface area contributed by atoms with Crippen LogP contribution in [0.15, 0.2) is 34.9 Å². The predicted octanol–water partition coefficient (Wildman–Crippen LogP) is 2.64. The first kappa shape index (κ1) is 12.0. The van der Waals surface area contributed by atoms with E-state index in [4.69, 9.17) is 10.3 Å².